The highest BCUT2D eigenvalue weighted by Gasteiger charge is 2.31. The molecule has 4 rings (SSSR count). The third kappa shape index (κ3) is 2.42. The van der Waals surface area contributed by atoms with Crippen LogP contribution in [0.4, 0.5) is 10.7 Å². The van der Waals surface area contributed by atoms with Gasteiger partial charge in [0.2, 0.25) is 0 Å². The second kappa shape index (κ2) is 5.76. The highest BCUT2D eigenvalue weighted by molar-refractivity contribution is 7.14. The molecule has 5 heteroatoms. The number of aliphatic imine (C=N–C) groups is 1. The summed E-state index contributed by atoms with van der Waals surface area (Å²) in [6.45, 7) is 1.80. The molecule has 0 N–H and O–H groups in total. The maximum Gasteiger partial charge on any atom is 0.277 e. The van der Waals surface area contributed by atoms with Gasteiger partial charge in [0.25, 0.3) is 5.91 Å². The van der Waals surface area contributed by atoms with Gasteiger partial charge in [0.1, 0.15) is 11.0 Å². The van der Waals surface area contributed by atoms with E-state index in [1.54, 1.807) is 34.5 Å². The highest BCUT2D eigenvalue weighted by atomic mass is 32.1. The van der Waals surface area contributed by atoms with Crippen molar-refractivity contribution in [3.8, 4) is 0 Å². The Morgan fingerprint density at radius 2 is 1.78 bits per heavy atom. The van der Waals surface area contributed by atoms with Gasteiger partial charge in [-0.15, -0.1) is 22.7 Å². The Balaban J connectivity index is 1.96. The molecule has 1 atom stereocenters. The van der Waals surface area contributed by atoms with Crippen molar-refractivity contribution < 1.29 is 4.79 Å². The van der Waals surface area contributed by atoms with Gasteiger partial charge in [-0.1, -0.05) is 24.3 Å². The van der Waals surface area contributed by atoms with Crippen molar-refractivity contribution in [1.29, 1.82) is 0 Å². The third-order valence-corrected chi connectivity index (χ3v) is 5.62. The third-order valence-electron chi connectivity index (χ3n) is 3.85. The summed E-state index contributed by atoms with van der Waals surface area (Å²) < 4.78 is 0. The van der Waals surface area contributed by atoms with Gasteiger partial charge >= 0.3 is 0 Å². The van der Waals surface area contributed by atoms with E-state index < -0.39 is 0 Å². The smallest absolute Gasteiger partial charge is 0.270 e. The standard InChI is InChI=1S/C18H14N2OS2/c1-12-18(21)20(16-9-5-11-23-16)14-7-3-2-6-13(14)17(19-12)15-8-4-10-22-15/h2-11,17H,1H3. The van der Waals surface area contributed by atoms with Crippen LogP contribution >= 0.6 is 22.7 Å². The van der Waals surface area contributed by atoms with Gasteiger partial charge in [-0.05, 0) is 41.9 Å². The Morgan fingerprint density at radius 3 is 2.52 bits per heavy atom. The maximum atomic E-state index is 12.9. The lowest BCUT2D eigenvalue weighted by molar-refractivity contribution is -0.111. The molecule has 0 bridgehead atoms. The topological polar surface area (TPSA) is 32.7 Å². The number of benzene rings is 1. The first kappa shape index (κ1) is 14.4. The number of amides is 1. The molecule has 1 aliphatic heterocycles. The van der Waals surface area contributed by atoms with Gasteiger partial charge in [-0.25, -0.2) is 0 Å². The average molecular weight is 338 g/mol. The molecule has 1 aliphatic rings. The van der Waals surface area contributed by atoms with Crippen LogP contribution < -0.4 is 4.90 Å². The minimum absolute atomic E-state index is 0.0565. The molecular weight excluding hydrogens is 324 g/mol. The molecule has 3 heterocycles. The number of anilines is 2. The summed E-state index contributed by atoms with van der Waals surface area (Å²) in [7, 11) is 0. The number of nitrogens with zero attached hydrogens (tertiary/aromatic N) is 2. The fraction of sp³-hybridized carbons (Fsp3) is 0.111. The summed E-state index contributed by atoms with van der Waals surface area (Å²) >= 11 is 3.23. The first-order valence-corrected chi connectivity index (χ1v) is 9.06. The van der Waals surface area contributed by atoms with Crippen molar-refractivity contribution in [2.45, 2.75) is 13.0 Å². The molecule has 1 aromatic carbocycles. The lowest BCUT2D eigenvalue weighted by Gasteiger charge is -2.22. The summed E-state index contributed by atoms with van der Waals surface area (Å²) in [6.07, 6.45) is 0. The van der Waals surface area contributed by atoms with Gasteiger partial charge in [0.05, 0.1) is 11.4 Å². The largest absolute Gasteiger partial charge is 0.277 e. The number of para-hydroxylation sites is 1. The van der Waals surface area contributed by atoms with Crippen LogP contribution in [0, 0.1) is 0 Å². The molecule has 0 aliphatic carbocycles. The minimum Gasteiger partial charge on any atom is -0.270 e. The fourth-order valence-corrected chi connectivity index (χ4v) is 4.31. The second-order valence-corrected chi connectivity index (χ2v) is 7.19. The Morgan fingerprint density at radius 1 is 1.00 bits per heavy atom. The van der Waals surface area contributed by atoms with E-state index in [1.165, 1.54) is 0 Å². The first-order valence-electron chi connectivity index (χ1n) is 7.30. The van der Waals surface area contributed by atoms with E-state index in [1.807, 2.05) is 47.2 Å². The number of thiophene rings is 2. The number of fused-ring (bicyclic) bond motifs is 1. The summed E-state index contributed by atoms with van der Waals surface area (Å²) in [5.41, 5.74) is 2.51. The van der Waals surface area contributed by atoms with Gasteiger partial charge in [0.15, 0.2) is 0 Å². The molecule has 0 radical (unpaired) electrons. The number of rotatable bonds is 2. The minimum atomic E-state index is -0.125. The molecule has 0 saturated heterocycles. The van der Waals surface area contributed by atoms with E-state index in [4.69, 9.17) is 4.99 Å². The summed E-state index contributed by atoms with van der Waals surface area (Å²) in [5, 5.41) is 4.95. The molecule has 1 unspecified atom stereocenters. The number of carbonyl (C=O) groups excluding carboxylic acids is 1. The van der Waals surface area contributed by atoms with Crippen LogP contribution in [0.3, 0.4) is 0 Å². The van der Waals surface area contributed by atoms with Gasteiger partial charge in [-0.3, -0.25) is 14.7 Å². The molecule has 0 spiro atoms. The van der Waals surface area contributed by atoms with E-state index in [2.05, 4.69) is 12.1 Å². The van der Waals surface area contributed by atoms with Gasteiger partial charge in [-0.2, -0.15) is 0 Å². The second-order valence-electron chi connectivity index (χ2n) is 5.28. The Bertz CT molecular complexity index is 866. The normalized spacial score (nSPS) is 17.6. The van der Waals surface area contributed by atoms with E-state index in [-0.39, 0.29) is 11.9 Å². The molecule has 3 nitrogen and oxygen atoms in total. The van der Waals surface area contributed by atoms with Gasteiger partial charge in [0, 0.05) is 10.4 Å². The summed E-state index contributed by atoms with van der Waals surface area (Å²) in [6, 6.07) is 16.0. The van der Waals surface area contributed by atoms with Crippen molar-refractivity contribution in [3.05, 3.63) is 69.7 Å². The van der Waals surface area contributed by atoms with Crippen molar-refractivity contribution in [2.24, 2.45) is 4.99 Å². The maximum absolute atomic E-state index is 12.9. The van der Waals surface area contributed by atoms with Crippen molar-refractivity contribution in [1.82, 2.24) is 0 Å². The first-order chi connectivity index (χ1) is 11.3. The van der Waals surface area contributed by atoms with Crippen LogP contribution in [0.5, 0.6) is 0 Å². The molecule has 1 amide bonds. The Labute approximate surface area is 142 Å². The molecule has 2 aromatic heterocycles. The van der Waals surface area contributed by atoms with Crippen LogP contribution in [0.2, 0.25) is 0 Å². The number of hydrogen-bond acceptors (Lipinski definition) is 4. The van der Waals surface area contributed by atoms with E-state index in [9.17, 15) is 4.79 Å². The van der Waals surface area contributed by atoms with Crippen LogP contribution in [0.15, 0.2) is 64.3 Å². The van der Waals surface area contributed by atoms with E-state index >= 15 is 0 Å². The zero-order valence-electron chi connectivity index (χ0n) is 12.5. The zero-order valence-corrected chi connectivity index (χ0v) is 14.1. The van der Waals surface area contributed by atoms with Crippen molar-refractivity contribution >= 4 is 45.0 Å². The SMILES string of the molecule is CC1=NC(c2cccs2)c2ccccc2N(c2cccs2)C1=O. The fourth-order valence-electron chi connectivity index (χ4n) is 2.79. The predicted octanol–water partition coefficient (Wildman–Crippen LogP) is 5.04. The van der Waals surface area contributed by atoms with E-state index in [0.717, 1.165) is 21.1 Å². The van der Waals surface area contributed by atoms with Crippen molar-refractivity contribution in [2.75, 3.05) is 4.90 Å². The molecular formula is C18H14N2OS2. The molecule has 23 heavy (non-hydrogen) atoms. The van der Waals surface area contributed by atoms with Crippen LogP contribution in [0.1, 0.15) is 23.4 Å². The molecule has 114 valence electrons. The highest BCUT2D eigenvalue weighted by Crippen LogP contribution is 2.41. The zero-order chi connectivity index (χ0) is 15.8. The Kier molecular flexibility index (Phi) is 3.59. The molecule has 3 aromatic rings. The van der Waals surface area contributed by atoms with E-state index in [0.29, 0.717) is 5.71 Å². The summed E-state index contributed by atoms with van der Waals surface area (Å²) in [4.78, 5) is 20.6. The quantitative estimate of drug-likeness (QED) is 0.644. The lowest BCUT2D eigenvalue weighted by atomic mass is 10.0. The van der Waals surface area contributed by atoms with Gasteiger partial charge < -0.3 is 0 Å². The molecule has 0 saturated carbocycles. The van der Waals surface area contributed by atoms with Crippen LogP contribution in [-0.2, 0) is 4.79 Å². The molecule has 0 fully saturated rings. The lowest BCUT2D eigenvalue weighted by Crippen LogP contribution is -2.30. The monoisotopic (exact) mass is 338 g/mol. The Hall–Kier alpha value is -2.24. The number of carbonyl (C=O) groups is 1. The summed E-state index contributed by atoms with van der Waals surface area (Å²) in [5.74, 6) is -0.0565. The van der Waals surface area contributed by atoms with Crippen LogP contribution in [0.25, 0.3) is 0 Å². The van der Waals surface area contributed by atoms with Crippen LogP contribution in [-0.4, -0.2) is 11.6 Å². The van der Waals surface area contributed by atoms with Crippen molar-refractivity contribution in [3.63, 3.8) is 0 Å². The predicted molar refractivity (Wildman–Crippen MR) is 97.2 cm³/mol. The number of hydrogen-bond donors (Lipinski definition) is 0. The average Bonchev–Trinajstić information content (AvgIpc) is 3.25.